The molecular formula is C9H9BO3S2. The quantitative estimate of drug-likeness (QED) is 0.615. The van der Waals surface area contributed by atoms with Gasteiger partial charge >= 0.3 is 7.12 Å². The topological polar surface area (TPSA) is 57.5 Å². The van der Waals surface area contributed by atoms with E-state index in [9.17, 15) is 14.8 Å². The maximum atomic E-state index is 10.9. The van der Waals surface area contributed by atoms with Gasteiger partial charge in [0.05, 0.1) is 0 Å². The second-order valence-corrected chi connectivity index (χ2v) is 5.65. The number of thioether (sulfide) groups is 1. The number of hydrogen-bond donors (Lipinski definition) is 2. The Kier molecular flexibility index (Phi) is 3.02. The molecule has 1 aliphatic heterocycles. The lowest BCUT2D eigenvalue weighted by Crippen LogP contribution is -2.43. The predicted molar refractivity (Wildman–Crippen MR) is 63.5 cm³/mol. The molecule has 6 heteroatoms. The van der Waals surface area contributed by atoms with Crippen LogP contribution in [-0.2, 0) is 4.79 Å². The first-order valence-corrected chi connectivity index (χ1v) is 6.13. The Morgan fingerprint density at radius 3 is 2.80 bits per heavy atom. The zero-order valence-electron chi connectivity index (χ0n) is 7.79. The van der Waals surface area contributed by atoms with Crippen molar-refractivity contribution in [1.82, 2.24) is 0 Å². The number of aldehydes is 1. The van der Waals surface area contributed by atoms with E-state index in [4.69, 9.17) is 0 Å². The van der Waals surface area contributed by atoms with E-state index in [0.717, 1.165) is 9.78 Å². The van der Waals surface area contributed by atoms with Crippen molar-refractivity contribution in [1.29, 1.82) is 0 Å². The first kappa shape index (κ1) is 10.9. The van der Waals surface area contributed by atoms with Crippen molar-refractivity contribution in [2.75, 3.05) is 0 Å². The number of carbonyl (C=O) groups is 1. The van der Waals surface area contributed by atoms with Crippen LogP contribution < -0.4 is 0 Å². The van der Waals surface area contributed by atoms with Crippen LogP contribution in [0.5, 0.6) is 0 Å². The minimum absolute atomic E-state index is 0.367. The van der Waals surface area contributed by atoms with E-state index in [-0.39, 0.29) is 0 Å². The molecule has 2 rings (SSSR count). The fraction of sp³-hybridized carbons (Fsp3) is 0.222. The summed E-state index contributed by atoms with van der Waals surface area (Å²) in [5, 5.41) is 20.3. The van der Waals surface area contributed by atoms with Crippen LogP contribution in [0.1, 0.15) is 11.3 Å². The smallest absolute Gasteiger partial charge is 0.426 e. The number of hydrogen-bond acceptors (Lipinski definition) is 5. The SMILES string of the molecule is O=CC1(B(O)O)CC=C(c2cccs2)S1. The molecule has 0 fully saturated rings. The van der Waals surface area contributed by atoms with Gasteiger partial charge in [0.2, 0.25) is 0 Å². The Morgan fingerprint density at radius 1 is 1.53 bits per heavy atom. The van der Waals surface area contributed by atoms with Crippen molar-refractivity contribution in [3.05, 3.63) is 28.5 Å². The van der Waals surface area contributed by atoms with Crippen LogP contribution in [0.4, 0.5) is 0 Å². The fourth-order valence-electron chi connectivity index (χ4n) is 1.40. The van der Waals surface area contributed by atoms with Gasteiger partial charge in [0.1, 0.15) is 10.9 Å². The summed E-state index contributed by atoms with van der Waals surface area (Å²) in [4.78, 5) is 12.9. The summed E-state index contributed by atoms with van der Waals surface area (Å²) in [7, 11) is -1.62. The van der Waals surface area contributed by atoms with Crippen molar-refractivity contribution in [2.45, 2.75) is 11.1 Å². The van der Waals surface area contributed by atoms with Crippen LogP contribution in [0.15, 0.2) is 23.6 Å². The zero-order chi connectivity index (χ0) is 10.9. The van der Waals surface area contributed by atoms with Gasteiger partial charge in [-0.15, -0.1) is 23.1 Å². The van der Waals surface area contributed by atoms with Crippen LogP contribution >= 0.6 is 23.1 Å². The molecule has 0 saturated heterocycles. The minimum atomic E-state index is -1.62. The molecule has 2 heterocycles. The monoisotopic (exact) mass is 240 g/mol. The van der Waals surface area contributed by atoms with Gasteiger partial charge in [-0.05, 0) is 17.9 Å². The molecule has 2 N–H and O–H groups in total. The number of rotatable bonds is 3. The molecule has 1 aromatic rings. The van der Waals surface area contributed by atoms with Crippen molar-refractivity contribution < 1.29 is 14.8 Å². The molecule has 15 heavy (non-hydrogen) atoms. The lowest BCUT2D eigenvalue weighted by Gasteiger charge is -2.19. The van der Waals surface area contributed by atoms with Gasteiger partial charge in [0.15, 0.2) is 0 Å². The summed E-state index contributed by atoms with van der Waals surface area (Å²) in [6, 6.07) is 3.88. The summed E-state index contributed by atoms with van der Waals surface area (Å²) in [5.74, 6) is 0. The molecule has 0 bridgehead atoms. The minimum Gasteiger partial charge on any atom is -0.426 e. The van der Waals surface area contributed by atoms with Gasteiger partial charge < -0.3 is 14.8 Å². The van der Waals surface area contributed by atoms with Crippen LogP contribution in [0.3, 0.4) is 0 Å². The predicted octanol–water partition coefficient (Wildman–Crippen LogP) is 1.18. The molecule has 0 saturated carbocycles. The van der Waals surface area contributed by atoms with Crippen LogP contribution in [0.25, 0.3) is 4.91 Å². The highest BCUT2D eigenvalue weighted by molar-refractivity contribution is 8.11. The van der Waals surface area contributed by atoms with E-state index in [1.165, 1.54) is 11.8 Å². The van der Waals surface area contributed by atoms with Gasteiger partial charge in [0, 0.05) is 9.78 Å². The summed E-state index contributed by atoms with van der Waals surface area (Å²) in [6.45, 7) is 0. The Bertz CT molecular complexity index is 388. The summed E-state index contributed by atoms with van der Waals surface area (Å²) in [6.07, 6.45) is 2.87. The highest BCUT2D eigenvalue weighted by atomic mass is 32.2. The lowest BCUT2D eigenvalue weighted by molar-refractivity contribution is -0.108. The molecular weight excluding hydrogens is 231 g/mol. The average molecular weight is 240 g/mol. The molecule has 0 spiro atoms. The third-order valence-electron chi connectivity index (χ3n) is 2.31. The van der Waals surface area contributed by atoms with E-state index in [0.29, 0.717) is 12.7 Å². The van der Waals surface area contributed by atoms with E-state index in [1.807, 2.05) is 23.6 Å². The van der Waals surface area contributed by atoms with Gasteiger partial charge in [-0.3, -0.25) is 0 Å². The summed E-state index contributed by atoms with van der Waals surface area (Å²) in [5.41, 5.74) is 0. The lowest BCUT2D eigenvalue weighted by atomic mass is 9.71. The highest BCUT2D eigenvalue weighted by Gasteiger charge is 2.46. The molecule has 0 amide bonds. The molecule has 0 radical (unpaired) electrons. The molecule has 1 unspecified atom stereocenters. The Labute approximate surface area is 96.0 Å². The Morgan fingerprint density at radius 2 is 2.33 bits per heavy atom. The first-order valence-electron chi connectivity index (χ1n) is 4.43. The van der Waals surface area contributed by atoms with Crippen LogP contribution in [0.2, 0.25) is 0 Å². The van der Waals surface area contributed by atoms with Crippen molar-refractivity contribution in [3.63, 3.8) is 0 Å². The third kappa shape index (κ3) is 1.90. The molecule has 1 aliphatic rings. The average Bonchev–Trinajstić information content (AvgIpc) is 2.87. The molecule has 1 aromatic heterocycles. The first-order chi connectivity index (χ1) is 7.18. The summed E-state index contributed by atoms with van der Waals surface area (Å²) < 4.78 is -1.11. The summed E-state index contributed by atoms with van der Waals surface area (Å²) >= 11 is 2.80. The van der Waals surface area contributed by atoms with E-state index in [1.54, 1.807) is 11.3 Å². The second-order valence-electron chi connectivity index (χ2n) is 3.30. The molecule has 78 valence electrons. The highest BCUT2D eigenvalue weighted by Crippen LogP contribution is 2.47. The zero-order valence-corrected chi connectivity index (χ0v) is 9.42. The molecule has 1 atom stereocenters. The largest absolute Gasteiger partial charge is 0.477 e. The van der Waals surface area contributed by atoms with E-state index < -0.39 is 11.8 Å². The standard InChI is InChI=1S/C9H9BO3S2/c11-6-9(10(12)13)4-3-8(15-9)7-2-1-5-14-7/h1-3,5-6,12-13H,4H2. The molecule has 0 aromatic carbocycles. The number of carbonyl (C=O) groups excluding carboxylic acids is 1. The van der Waals surface area contributed by atoms with Gasteiger partial charge in [-0.1, -0.05) is 12.1 Å². The maximum absolute atomic E-state index is 10.9. The van der Waals surface area contributed by atoms with Gasteiger partial charge in [-0.2, -0.15) is 0 Å². The third-order valence-corrected chi connectivity index (χ3v) is 4.80. The van der Waals surface area contributed by atoms with E-state index in [2.05, 4.69) is 0 Å². The number of allylic oxidation sites excluding steroid dienone is 1. The van der Waals surface area contributed by atoms with Crippen molar-refractivity contribution in [3.8, 4) is 0 Å². The van der Waals surface area contributed by atoms with Crippen molar-refractivity contribution in [2.24, 2.45) is 0 Å². The Balaban J connectivity index is 2.20. The molecule has 0 aliphatic carbocycles. The number of thiophene rings is 1. The van der Waals surface area contributed by atoms with Crippen molar-refractivity contribution >= 4 is 41.4 Å². The van der Waals surface area contributed by atoms with Gasteiger partial charge in [0.25, 0.3) is 0 Å². The van der Waals surface area contributed by atoms with Crippen LogP contribution in [0, 0.1) is 0 Å². The maximum Gasteiger partial charge on any atom is 0.477 e. The van der Waals surface area contributed by atoms with Crippen LogP contribution in [-0.4, -0.2) is 28.1 Å². The Hall–Kier alpha value is -0.555. The van der Waals surface area contributed by atoms with E-state index >= 15 is 0 Å². The molecule has 3 nitrogen and oxygen atoms in total. The fourth-order valence-corrected chi connectivity index (χ4v) is 3.40. The normalized spacial score (nSPS) is 25.1. The van der Waals surface area contributed by atoms with Gasteiger partial charge in [-0.25, -0.2) is 0 Å². The second kappa shape index (κ2) is 4.13.